The summed E-state index contributed by atoms with van der Waals surface area (Å²) in [6.07, 6.45) is 0. The summed E-state index contributed by atoms with van der Waals surface area (Å²) >= 11 is 7.10. The SMILES string of the molecule is CCOC(=O)/C(N=NC)=C(/O)c1ccsc1Cl. The average Bonchev–Trinajstić information content (AvgIpc) is 2.71. The van der Waals surface area contributed by atoms with Gasteiger partial charge in [0.1, 0.15) is 4.34 Å². The molecule has 0 saturated heterocycles. The summed E-state index contributed by atoms with van der Waals surface area (Å²) in [6, 6.07) is 1.59. The molecule has 7 heteroatoms. The van der Waals surface area contributed by atoms with E-state index < -0.39 is 5.97 Å². The molecule has 1 rings (SSSR count). The van der Waals surface area contributed by atoms with Gasteiger partial charge >= 0.3 is 5.97 Å². The standard InChI is InChI=1S/C10H11ClN2O3S/c1-3-16-10(15)7(13-12-2)8(14)6-4-5-17-9(6)11/h4-5,14H,3H2,1-2H3/b8-7-,13-12?. The van der Waals surface area contributed by atoms with Gasteiger partial charge in [-0.15, -0.1) is 16.5 Å². The van der Waals surface area contributed by atoms with Gasteiger partial charge in [0.15, 0.2) is 5.76 Å². The van der Waals surface area contributed by atoms with Crippen molar-refractivity contribution in [3.05, 3.63) is 27.0 Å². The third-order valence-corrected chi connectivity index (χ3v) is 2.94. The lowest BCUT2D eigenvalue weighted by Crippen LogP contribution is -2.08. The highest BCUT2D eigenvalue weighted by Crippen LogP contribution is 2.30. The van der Waals surface area contributed by atoms with Crippen molar-refractivity contribution >= 4 is 34.7 Å². The predicted molar refractivity (Wildman–Crippen MR) is 66.3 cm³/mol. The van der Waals surface area contributed by atoms with Gasteiger partial charge in [-0.3, -0.25) is 0 Å². The van der Waals surface area contributed by atoms with Crippen molar-refractivity contribution < 1.29 is 14.6 Å². The zero-order chi connectivity index (χ0) is 12.8. The molecule has 0 unspecified atom stereocenters. The Bertz CT molecular complexity index is 468. The maximum Gasteiger partial charge on any atom is 0.362 e. The minimum Gasteiger partial charge on any atom is -0.505 e. The molecule has 0 aliphatic rings. The minimum atomic E-state index is -0.738. The average molecular weight is 275 g/mol. The number of aliphatic hydroxyl groups excluding tert-OH is 1. The number of aliphatic hydroxyl groups is 1. The second-order valence-corrected chi connectivity index (χ2v) is 4.34. The predicted octanol–water partition coefficient (Wildman–Crippen LogP) is 3.27. The molecule has 0 atom stereocenters. The van der Waals surface area contributed by atoms with Crippen molar-refractivity contribution in [2.75, 3.05) is 13.7 Å². The number of nitrogens with zero attached hydrogens (tertiary/aromatic N) is 2. The molecule has 1 aromatic rings. The number of carbonyl (C=O) groups excluding carboxylic acids is 1. The first kappa shape index (κ1) is 13.7. The van der Waals surface area contributed by atoms with E-state index in [2.05, 4.69) is 10.2 Å². The molecule has 0 amide bonds. The zero-order valence-corrected chi connectivity index (χ0v) is 10.9. The van der Waals surface area contributed by atoms with Gasteiger partial charge in [0.25, 0.3) is 0 Å². The highest BCUT2D eigenvalue weighted by molar-refractivity contribution is 7.14. The molecule has 0 radical (unpaired) electrons. The number of halogens is 1. The summed E-state index contributed by atoms with van der Waals surface area (Å²) in [5.41, 5.74) is 0.0850. The molecule has 1 N–H and O–H groups in total. The summed E-state index contributed by atoms with van der Waals surface area (Å²) in [5, 5.41) is 18.7. The zero-order valence-electron chi connectivity index (χ0n) is 9.31. The summed E-state index contributed by atoms with van der Waals surface area (Å²) in [6.45, 7) is 1.85. The van der Waals surface area contributed by atoms with Gasteiger partial charge in [-0.05, 0) is 18.4 Å². The molecule has 1 heterocycles. The number of carbonyl (C=O) groups is 1. The monoisotopic (exact) mass is 274 g/mol. The minimum absolute atomic E-state index is 0.187. The maximum atomic E-state index is 11.5. The number of thiophene rings is 1. The lowest BCUT2D eigenvalue weighted by Gasteiger charge is -2.04. The van der Waals surface area contributed by atoms with Gasteiger partial charge in [-0.2, -0.15) is 5.11 Å². The number of azo groups is 1. The number of rotatable bonds is 4. The largest absolute Gasteiger partial charge is 0.505 e. The Balaban J connectivity index is 3.20. The molecular weight excluding hydrogens is 264 g/mol. The van der Waals surface area contributed by atoms with E-state index in [9.17, 15) is 9.90 Å². The highest BCUT2D eigenvalue weighted by Gasteiger charge is 2.20. The molecule has 0 aliphatic heterocycles. The first-order valence-electron chi connectivity index (χ1n) is 4.75. The molecule has 1 aromatic heterocycles. The van der Waals surface area contributed by atoms with E-state index in [1.54, 1.807) is 18.4 Å². The van der Waals surface area contributed by atoms with Gasteiger partial charge in [0.2, 0.25) is 5.70 Å². The number of esters is 1. The first-order chi connectivity index (χ1) is 8.11. The van der Waals surface area contributed by atoms with E-state index in [4.69, 9.17) is 16.3 Å². The Morgan fingerprint density at radius 2 is 2.35 bits per heavy atom. The van der Waals surface area contributed by atoms with Gasteiger partial charge in [-0.1, -0.05) is 11.6 Å². The third-order valence-electron chi connectivity index (χ3n) is 1.77. The second-order valence-electron chi connectivity index (χ2n) is 2.83. The second kappa shape index (κ2) is 6.36. The van der Waals surface area contributed by atoms with Crippen molar-refractivity contribution in [2.24, 2.45) is 10.2 Å². The van der Waals surface area contributed by atoms with Crippen LogP contribution in [-0.2, 0) is 9.53 Å². The smallest absolute Gasteiger partial charge is 0.362 e. The molecule has 92 valence electrons. The number of hydrogen-bond donors (Lipinski definition) is 1. The van der Waals surface area contributed by atoms with Crippen LogP contribution in [0.3, 0.4) is 0 Å². The van der Waals surface area contributed by atoms with Crippen molar-refractivity contribution in [2.45, 2.75) is 6.92 Å². The van der Waals surface area contributed by atoms with Crippen LogP contribution in [0, 0.1) is 0 Å². The van der Waals surface area contributed by atoms with Crippen LogP contribution in [0.1, 0.15) is 12.5 Å². The Morgan fingerprint density at radius 1 is 1.65 bits per heavy atom. The molecule has 0 spiro atoms. The summed E-state index contributed by atoms with van der Waals surface area (Å²) < 4.78 is 5.14. The Morgan fingerprint density at radius 3 is 2.82 bits per heavy atom. The normalized spacial score (nSPS) is 12.6. The number of hydrogen-bond acceptors (Lipinski definition) is 6. The molecule has 0 aromatic carbocycles. The van der Waals surface area contributed by atoms with E-state index in [-0.39, 0.29) is 18.1 Å². The van der Waals surface area contributed by atoms with Crippen LogP contribution >= 0.6 is 22.9 Å². The van der Waals surface area contributed by atoms with Crippen LogP contribution in [0.4, 0.5) is 0 Å². The van der Waals surface area contributed by atoms with E-state index in [1.165, 1.54) is 18.4 Å². The molecular formula is C10H11ClN2O3S. The van der Waals surface area contributed by atoms with Crippen LogP contribution in [0.15, 0.2) is 27.4 Å². The fourth-order valence-corrected chi connectivity index (χ4v) is 2.00. The molecule has 5 nitrogen and oxygen atoms in total. The van der Waals surface area contributed by atoms with Gasteiger partial charge < -0.3 is 9.84 Å². The van der Waals surface area contributed by atoms with E-state index in [1.807, 2.05) is 0 Å². The summed E-state index contributed by atoms with van der Waals surface area (Å²) in [7, 11) is 1.39. The Kier molecular flexibility index (Phi) is 5.11. The fourth-order valence-electron chi connectivity index (χ4n) is 1.07. The maximum absolute atomic E-state index is 11.5. The van der Waals surface area contributed by atoms with Crippen LogP contribution in [0.25, 0.3) is 5.76 Å². The van der Waals surface area contributed by atoms with Crippen molar-refractivity contribution in [1.29, 1.82) is 0 Å². The first-order valence-corrected chi connectivity index (χ1v) is 6.01. The van der Waals surface area contributed by atoms with E-state index >= 15 is 0 Å². The van der Waals surface area contributed by atoms with Crippen LogP contribution < -0.4 is 0 Å². The lowest BCUT2D eigenvalue weighted by molar-refractivity contribution is -0.138. The van der Waals surface area contributed by atoms with Crippen molar-refractivity contribution in [1.82, 2.24) is 0 Å². The molecule has 0 bridgehead atoms. The summed E-state index contributed by atoms with van der Waals surface area (Å²) in [5.74, 6) is -1.07. The highest BCUT2D eigenvalue weighted by atomic mass is 35.5. The van der Waals surface area contributed by atoms with Gasteiger partial charge in [0, 0.05) is 12.6 Å². The molecule has 0 fully saturated rings. The van der Waals surface area contributed by atoms with E-state index in [0.29, 0.717) is 9.90 Å². The molecule has 0 aliphatic carbocycles. The Hall–Kier alpha value is -1.40. The number of ether oxygens (including phenoxy) is 1. The van der Waals surface area contributed by atoms with Gasteiger partial charge in [-0.25, -0.2) is 4.79 Å². The third kappa shape index (κ3) is 3.28. The topological polar surface area (TPSA) is 71.2 Å². The molecule has 0 saturated carbocycles. The van der Waals surface area contributed by atoms with Crippen LogP contribution in [0.5, 0.6) is 0 Å². The Labute approximate surface area is 107 Å². The van der Waals surface area contributed by atoms with Crippen molar-refractivity contribution in [3.63, 3.8) is 0 Å². The van der Waals surface area contributed by atoms with Crippen LogP contribution in [0.2, 0.25) is 4.34 Å². The van der Waals surface area contributed by atoms with Crippen molar-refractivity contribution in [3.8, 4) is 0 Å². The quantitative estimate of drug-likeness (QED) is 0.396. The van der Waals surface area contributed by atoms with E-state index in [0.717, 1.165) is 0 Å². The summed E-state index contributed by atoms with van der Waals surface area (Å²) in [4.78, 5) is 11.5. The fraction of sp³-hybridized carbons (Fsp3) is 0.300. The molecule has 17 heavy (non-hydrogen) atoms. The van der Waals surface area contributed by atoms with Gasteiger partial charge in [0.05, 0.1) is 6.61 Å². The lowest BCUT2D eigenvalue weighted by atomic mass is 10.2. The van der Waals surface area contributed by atoms with Crippen LogP contribution in [-0.4, -0.2) is 24.7 Å².